The van der Waals surface area contributed by atoms with Crippen LogP contribution in [0.4, 0.5) is 22.0 Å². The maximum absolute atomic E-state index is 14.2. The summed E-state index contributed by atoms with van der Waals surface area (Å²) in [6.07, 6.45) is -3.37. The third-order valence-corrected chi connectivity index (χ3v) is 9.31. The van der Waals surface area contributed by atoms with Crippen molar-refractivity contribution in [2.45, 2.75) is 43.4 Å². The fraction of sp³-hybridized carbons (Fsp3) is 0.323. The predicted molar refractivity (Wildman–Crippen MR) is 157 cm³/mol. The summed E-state index contributed by atoms with van der Waals surface area (Å²) in [5, 5.41) is 6.41. The topological polar surface area (TPSA) is 106 Å². The maximum atomic E-state index is 14.2. The van der Waals surface area contributed by atoms with Gasteiger partial charge in [-0.1, -0.05) is 18.2 Å². The highest BCUT2D eigenvalue weighted by Gasteiger charge is 2.27. The molecule has 5 rings (SSSR count). The van der Waals surface area contributed by atoms with Crippen molar-refractivity contribution in [3.05, 3.63) is 101 Å². The summed E-state index contributed by atoms with van der Waals surface area (Å²) in [7, 11) is -3.77. The van der Waals surface area contributed by atoms with E-state index in [-0.39, 0.29) is 41.4 Å². The number of nitrogens with zero attached hydrogens (tertiary/aromatic N) is 4. The quantitative estimate of drug-likeness (QED) is 0.218. The number of hydrogen-bond donors (Lipinski definition) is 1. The molecule has 1 saturated heterocycles. The summed E-state index contributed by atoms with van der Waals surface area (Å²) in [5.74, 6) is -2.43. The molecule has 244 valence electrons. The number of rotatable bonds is 11. The van der Waals surface area contributed by atoms with Crippen molar-refractivity contribution in [3.8, 4) is 11.1 Å². The lowest BCUT2D eigenvalue weighted by Gasteiger charge is -2.26. The first-order valence-corrected chi connectivity index (χ1v) is 15.7. The van der Waals surface area contributed by atoms with Crippen LogP contribution in [0.1, 0.15) is 48.2 Å². The molecule has 9 nitrogen and oxygen atoms in total. The molecule has 0 bridgehead atoms. The average Bonchev–Trinajstić information content (AvgIpc) is 3.45. The number of carbonyl (C=O) groups excluding carboxylic acids is 1. The molecule has 0 saturated carbocycles. The van der Waals surface area contributed by atoms with Gasteiger partial charge in [0.25, 0.3) is 6.43 Å². The van der Waals surface area contributed by atoms with Crippen molar-refractivity contribution in [2.24, 2.45) is 0 Å². The Balaban J connectivity index is 1.47. The average molecular weight is 664 g/mol. The lowest BCUT2D eigenvalue weighted by atomic mass is 9.95. The summed E-state index contributed by atoms with van der Waals surface area (Å²) in [5.41, 5.74) is 0.568. The number of halogens is 5. The second kappa shape index (κ2) is 14.1. The van der Waals surface area contributed by atoms with E-state index in [1.165, 1.54) is 22.6 Å². The van der Waals surface area contributed by atoms with E-state index >= 15 is 0 Å². The Morgan fingerprint density at radius 3 is 2.30 bits per heavy atom. The van der Waals surface area contributed by atoms with E-state index in [2.05, 4.69) is 15.4 Å². The van der Waals surface area contributed by atoms with Crippen LogP contribution in [0.2, 0.25) is 0 Å². The van der Waals surface area contributed by atoms with Gasteiger partial charge < -0.3 is 10.1 Å². The van der Waals surface area contributed by atoms with Gasteiger partial charge in [0.1, 0.15) is 30.0 Å². The molecule has 1 N–H and O–H groups in total. The van der Waals surface area contributed by atoms with Crippen LogP contribution < -0.4 is 5.32 Å². The van der Waals surface area contributed by atoms with Crippen LogP contribution in [-0.4, -0.2) is 59.7 Å². The summed E-state index contributed by atoms with van der Waals surface area (Å²) in [6, 6.07) is 12.1. The van der Waals surface area contributed by atoms with Gasteiger partial charge in [0.05, 0.1) is 35.5 Å². The van der Waals surface area contributed by atoms with E-state index in [4.69, 9.17) is 4.74 Å². The van der Waals surface area contributed by atoms with Gasteiger partial charge in [0.2, 0.25) is 15.9 Å². The molecule has 1 aliphatic heterocycles. The summed E-state index contributed by atoms with van der Waals surface area (Å²) in [4.78, 5) is 17.8. The van der Waals surface area contributed by atoms with Gasteiger partial charge in [-0.2, -0.15) is 9.40 Å². The minimum atomic E-state index is -3.77. The molecule has 3 heterocycles. The molecule has 1 amide bonds. The summed E-state index contributed by atoms with van der Waals surface area (Å²) < 4.78 is 103. The summed E-state index contributed by atoms with van der Waals surface area (Å²) >= 11 is 0. The van der Waals surface area contributed by atoms with Crippen molar-refractivity contribution in [1.82, 2.24) is 24.4 Å². The first-order chi connectivity index (χ1) is 21.9. The van der Waals surface area contributed by atoms with E-state index in [9.17, 15) is 35.2 Å². The second-order valence-electron chi connectivity index (χ2n) is 10.6. The molecule has 4 aromatic rings. The number of aromatic nitrogens is 3. The highest BCUT2D eigenvalue weighted by molar-refractivity contribution is 7.89. The van der Waals surface area contributed by atoms with Gasteiger partial charge >= 0.3 is 0 Å². The van der Waals surface area contributed by atoms with Crippen LogP contribution in [0, 0.1) is 11.6 Å². The number of carbonyl (C=O) groups is 1. The summed E-state index contributed by atoms with van der Waals surface area (Å²) in [6.45, 7) is 1.54. The van der Waals surface area contributed by atoms with E-state index in [0.717, 1.165) is 29.8 Å². The first-order valence-electron chi connectivity index (χ1n) is 14.3. The number of ether oxygens (including phenoxy) is 1. The Morgan fingerprint density at radius 1 is 1.00 bits per heavy atom. The second-order valence-corrected chi connectivity index (χ2v) is 12.6. The predicted octanol–water partition coefficient (Wildman–Crippen LogP) is 5.31. The van der Waals surface area contributed by atoms with Crippen LogP contribution in [0.25, 0.3) is 11.1 Å². The zero-order valence-electron chi connectivity index (χ0n) is 24.5. The SMILES string of the molecule is CC(F)c1cc(C(F)F)nn1CC(=O)NC(Cc1cc(F)cc(F)c1)c1ncccc1-c1ccc(S(=O)(=O)N2CCOCC2)cc1. The van der Waals surface area contributed by atoms with Crippen molar-refractivity contribution < 1.29 is 39.9 Å². The molecule has 0 radical (unpaired) electrons. The molecule has 2 aromatic heterocycles. The lowest BCUT2D eigenvalue weighted by Crippen LogP contribution is -2.40. The van der Waals surface area contributed by atoms with Gasteiger partial charge in [-0.3, -0.25) is 14.5 Å². The van der Waals surface area contributed by atoms with Gasteiger partial charge in [0.15, 0.2) is 0 Å². The molecule has 2 aromatic carbocycles. The maximum Gasteiger partial charge on any atom is 0.282 e. The van der Waals surface area contributed by atoms with Gasteiger partial charge in [0, 0.05) is 30.9 Å². The Kier molecular flexibility index (Phi) is 10.1. The van der Waals surface area contributed by atoms with E-state index in [0.29, 0.717) is 30.4 Å². The number of amides is 1. The number of sulfonamides is 1. The monoisotopic (exact) mass is 663 g/mol. The minimum absolute atomic E-state index is 0.0731. The van der Waals surface area contributed by atoms with Crippen molar-refractivity contribution in [2.75, 3.05) is 26.3 Å². The highest BCUT2D eigenvalue weighted by Crippen LogP contribution is 2.31. The van der Waals surface area contributed by atoms with E-state index in [1.807, 2.05) is 0 Å². The van der Waals surface area contributed by atoms with Crippen molar-refractivity contribution in [3.63, 3.8) is 0 Å². The lowest BCUT2D eigenvalue weighted by molar-refractivity contribution is -0.122. The normalized spacial score (nSPS) is 15.5. The molecule has 46 heavy (non-hydrogen) atoms. The third kappa shape index (κ3) is 7.59. The van der Waals surface area contributed by atoms with Crippen LogP contribution in [0.3, 0.4) is 0 Å². The van der Waals surface area contributed by atoms with E-state index in [1.54, 1.807) is 24.3 Å². The van der Waals surface area contributed by atoms with Crippen LogP contribution in [0.15, 0.2) is 71.8 Å². The first kappa shape index (κ1) is 33.2. The zero-order valence-corrected chi connectivity index (χ0v) is 25.4. The zero-order chi connectivity index (χ0) is 33.0. The Hall–Kier alpha value is -4.21. The molecule has 0 spiro atoms. The van der Waals surface area contributed by atoms with Crippen LogP contribution in [0.5, 0.6) is 0 Å². The number of alkyl halides is 3. The number of nitrogens with one attached hydrogen (secondary N) is 1. The molecule has 0 aliphatic carbocycles. The minimum Gasteiger partial charge on any atom is -0.379 e. The molecule has 1 fully saturated rings. The van der Waals surface area contributed by atoms with Crippen LogP contribution >= 0.6 is 0 Å². The Morgan fingerprint density at radius 2 is 1.67 bits per heavy atom. The van der Waals surface area contributed by atoms with Crippen LogP contribution in [-0.2, 0) is 32.5 Å². The van der Waals surface area contributed by atoms with Crippen molar-refractivity contribution >= 4 is 15.9 Å². The molecule has 2 unspecified atom stereocenters. The molecular formula is C31H30F5N5O4S. The molecule has 2 atom stereocenters. The smallest absolute Gasteiger partial charge is 0.282 e. The Labute approximate surface area is 262 Å². The largest absolute Gasteiger partial charge is 0.379 e. The highest BCUT2D eigenvalue weighted by atomic mass is 32.2. The van der Waals surface area contributed by atoms with E-state index < -0.39 is 58.4 Å². The fourth-order valence-corrected chi connectivity index (χ4v) is 6.65. The van der Waals surface area contributed by atoms with Gasteiger partial charge in [-0.25, -0.2) is 30.4 Å². The molecular weight excluding hydrogens is 633 g/mol. The number of benzene rings is 2. The van der Waals surface area contributed by atoms with Crippen molar-refractivity contribution in [1.29, 1.82) is 0 Å². The molecule has 15 heteroatoms. The van der Waals surface area contributed by atoms with Gasteiger partial charge in [-0.15, -0.1) is 0 Å². The number of pyridine rings is 1. The number of hydrogen-bond acceptors (Lipinski definition) is 6. The Bertz CT molecular complexity index is 1780. The fourth-order valence-electron chi connectivity index (χ4n) is 5.24. The molecule has 1 aliphatic rings. The third-order valence-electron chi connectivity index (χ3n) is 7.39. The van der Waals surface area contributed by atoms with Gasteiger partial charge in [-0.05, 0) is 60.9 Å². The number of morpholine rings is 1. The standard InChI is InChI=1S/C31H30F5N5O4S/c1-19(32)28-17-27(31(35)36)39-41(28)18-29(42)38-26(15-20-13-22(33)16-23(34)14-20)30-25(3-2-8-37-30)21-4-6-24(7-5-21)46(43,44)40-9-11-45-12-10-40/h2-8,13-14,16-17,19,26,31H,9-12,15,18H2,1H3,(H,38,42).